The first-order chi connectivity index (χ1) is 31.7. The van der Waals surface area contributed by atoms with Gasteiger partial charge >= 0.3 is 5.97 Å². The van der Waals surface area contributed by atoms with Crippen molar-refractivity contribution < 1.29 is 53.6 Å². The number of hydroxylamine groups is 1. The second-order valence-corrected chi connectivity index (χ2v) is 20.2. The van der Waals surface area contributed by atoms with Gasteiger partial charge in [0.1, 0.15) is 23.7 Å². The number of ether oxygens (including phenoxy) is 4. The van der Waals surface area contributed by atoms with Gasteiger partial charge in [-0.1, -0.05) is 64.3 Å². The maximum atomic E-state index is 14.5. The van der Waals surface area contributed by atoms with Gasteiger partial charge in [0.05, 0.1) is 40.6 Å². The van der Waals surface area contributed by atoms with Crippen LogP contribution in [0, 0.1) is 33.8 Å². The Morgan fingerprint density at radius 3 is 2.36 bits per heavy atom. The van der Waals surface area contributed by atoms with E-state index >= 15 is 0 Å². The van der Waals surface area contributed by atoms with E-state index in [1.807, 2.05) is 45.6 Å². The van der Waals surface area contributed by atoms with E-state index in [-0.39, 0.29) is 42.7 Å². The normalized spacial score (nSPS) is 35.3. The summed E-state index contributed by atoms with van der Waals surface area (Å²) >= 11 is 0. The Hall–Kier alpha value is -3.46. The summed E-state index contributed by atoms with van der Waals surface area (Å²) in [6, 6.07) is 5.71. The van der Waals surface area contributed by atoms with E-state index in [0.29, 0.717) is 25.9 Å². The number of cyclic esters (lactones) is 1. The predicted octanol–water partition coefficient (Wildman–Crippen LogP) is 5.51. The van der Waals surface area contributed by atoms with Gasteiger partial charge < -0.3 is 39.2 Å². The van der Waals surface area contributed by atoms with Gasteiger partial charge in [0.2, 0.25) is 0 Å². The number of Topliss-reactive ketones (excluding diaryl/α,β-unsaturated/α-hetero) is 1. The number of carbonyl (C=O) groups excluding carboxylic acids is 2. The molecule has 14 atom stereocenters. The van der Waals surface area contributed by atoms with Crippen LogP contribution in [0.3, 0.4) is 0 Å². The van der Waals surface area contributed by atoms with Crippen LogP contribution in [0.4, 0.5) is 5.69 Å². The summed E-state index contributed by atoms with van der Waals surface area (Å²) in [6.07, 6.45) is 4.95. The number of nitro benzene ring substituents is 1. The van der Waals surface area contributed by atoms with Crippen LogP contribution >= 0.6 is 0 Å². The maximum Gasteiger partial charge on any atom is 0.316 e. The van der Waals surface area contributed by atoms with Gasteiger partial charge in [0.25, 0.3) is 5.69 Å². The minimum Gasteiger partial charge on any atom is -0.459 e. The highest BCUT2D eigenvalue weighted by Gasteiger charge is 2.52. The van der Waals surface area contributed by atoms with Crippen molar-refractivity contribution in [3.05, 3.63) is 51.8 Å². The summed E-state index contributed by atoms with van der Waals surface area (Å²) in [5.74, 6) is -4.42. The second-order valence-electron chi connectivity index (χ2n) is 20.2. The van der Waals surface area contributed by atoms with E-state index in [1.54, 1.807) is 33.1 Å². The number of likely N-dealkylation sites (N-methyl/N-ethyl adjacent to an activating group) is 1. The number of nitro groups is 1. The zero-order chi connectivity index (χ0) is 49.2. The monoisotopic (exact) mass is 945 g/mol. The summed E-state index contributed by atoms with van der Waals surface area (Å²) in [5.41, 5.74) is 2.16. The van der Waals surface area contributed by atoms with Crippen LogP contribution in [-0.4, -0.2) is 139 Å². The third-order valence-corrected chi connectivity index (χ3v) is 15.0. The molecule has 0 spiro atoms. The summed E-state index contributed by atoms with van der Waals surface area (Å²) in [4.78, 5) is 47.2. The van der Waals surface area contributed by atoms with Crippen LogP contribution in [0.1, 0.15) is 131 Å². The lowest BCUT2D eigenvalue weighted by Crippen LogP contribution is -2.61. The maximum absolute atomic E-state index is 14.5. The molecule has 2 aliphatic heterocycles. The molecule has 3 heterocycles. The largest absolute Gasteiger partial charge is 0.459 e. The molecular weight excluding hydrogens is 865 g/mol. The lowest BCUT2D eigenvalue weighted by molar-refractivity contribution is -0.384. The van der Waals surface area contributed by atoms with Gasteiger partial charge in [-0.05, 0) is 97.6 Å². The molecule has 5 rings (SSSR count). The molecule has 3 fully saturated rings. The molecule has 378 valence electrons. The highest BCUT2D eigenvalue weighted by Crippen LogP contribution is 2.40. The first-order valence-corrected chi connectivity index (χ1v) is 24.6. The fourth-order valence-electron chi connectivity index (χ4n) is 10.5. The zero-order valence-electron chi connectivity index (χ0n) is 41.5. The van der Waals surface area contributed by atoms with Gasteiger partial charge in [0, 0.05) is 68.9 Å². The molecule has 1 aliphatic carbocycles. The van der Waals surface area contributed by atoms with Crippen molar-refractivity contribution in [3.8, 4) is 0 Å². The molecule has 0 radical (unpaired) electrons. The standard InChI is InChI=1S/C49H80N6O12/c1-11-40-49(8,60)44(58)32(4)41(51-67-38-18-13-12-14-19-38)30(2)28-48(7,63-10)45(33(5)42(56)34(6)46(59)65-40)66-47-43(57)39(27-31(3)64-47)53(9)26-24-36-29-54(52-50-36)25-16-15-17-35-20-22-37(23-21-35)55(61)62/h20-23,29-34,38-41,43-45,47,51,57-58,60H,11-19,24-28H2,1-10H3/t30-,31-,32-,33+,34-,39+,40-,41-,43-,44+,45-,47+,48-,49+/m1/s1. The van der Waals surface area contributed by atoms with E-state index in [1.165, 1.54) is 26.0 Å². The summed E-state index contributed by atoms with van der Waals surface area (Å²) in [6.45, 7) is 15.2. The number of methoxy groups -OCH3 is 1. The summed E-state index contributed by atoms with van der Waals surface area (Å²) in [7, 11) is 3.49. The van der Waals surface area contributed by atoms with Crippen molar-refractivity contribution in [1.82, 2.24) is 25.4 Å². The number of aliphatic hydroxyl groups excluding tert-OH is 2. The summed E-state index contributed by atoms with van der Waals surface area (Å²) < 4.78 is 27.3. The molecular formula is C49H80N6O12. The van der Waals surface area contributed by atoms with E-state index < -0.39 is 82.4 Å². The molecule has 3 aliphatic rings. The number of hydrogen-bond donors (Lipinski definition) is 4. The Bertz CT molecular complexity index is 1880. The van der Waals surface area contributed by atoms with E-state index in [4.69, 9.17) is 23.8 Å². The SMILES string of the molecule is CC[C@H]1OC(=O)[C@H](C)C(=O)[C@H](C)[C@@H](O[C@@H]2O[C@H](C)C[C@H](N(C)CCc3cn(CCCCc4ccc([N+](=O)[O-])cc4)nn3)[C@H]2O)[C@](C)(OC)C[C@@H](C)[C@@H](NOC2CCCCC2)[C@@H](C)[C@H](O)[C@@]1(C)O. The number of nitrogens with zero attached hydrogens (tertiary/aromatic N) is 5. The zero-order valence-corrected chi connectivity index (χ0v) is 41.5. The van der Waals surface area contributed by atoms with E-state index in [2.05, 4.69) is 20.7 Å². The number of esters is 1. The van der Waals surface area contributed by atoms with Crippen molar-refractivity contribution in [3.63, 3.8) is 0 Å². The lowest BCUT2D eigenvalue weighted by Gasteiger charge is -2.48. The highest BCUT2D eigenvalue weighted by atomic mass is 16.7. The van der Waals surface area contributed by atoms with Crippen molar-refractivity contribution in [2.24, 2.45) is 23.7 Å². The molecule has 2 saturated heterocycles. The predicted molar refractivity (Wildman–Crippen MR) is 249 cm³/mol. The van der Waals surface area contributed by atoms with Gasteiger partial charge in [-0.3, -0.25) is 29.2 Å². The molecule has 18 heteroatoms. The fourth-order valence-corrected chi connectivity index (χ4v) is 10.5. The minimum absolute atomic E-state index is 0.0152. The number of non-ortho nitro benzene ring substituents is 1. The first-order valence-electron chi connectivity index (χ1n) is 24.6. The minimum atomic E-state index is -1.86. The Morgan fingerprint density at radius 2 is 1.72 bits per heavy atom. The molecule has 0 bridgehead atoms. The molecule has 1 aromatic carbocycles. The number of unbranched alkanes of at least 4 members (excludes halogenated alkanes) is 1. The van der Waals surface area contributed by atoms with E-state index in [0.717, 1.165) is 62.6 Å². The number of hydrogen-bond acceptors (Lipinski definition) is 16. The third-order valence-electron chi connectivity index (χ3n) is 15.0. The lowest BCUT2D eigenvalue weighted by atomic mass is 9.72. The van der Waals surface area contributed by atoms with Gasteiger partial charge in [0.15, 0.2) is 12.1 Å². The number of aliphatic hydroxyl groups is 3. The average Bonchev–Trinajstić information content (AvgIpc) is 3.77. The third kappa shape index (κ3) is 13.9. The van der Waals surface area contributed by atoms with E-state index in [9.17, 15) is 35.0 Å². The van der Waals surface area contributed by atoms with Crippen molar-refractivity contribution in [2.45, 2.75) is 205 Å². The first kappa shape index (κ1) is 54.5. The molecule has 67 heavy (non-hydrogen) atoms. The quantitative estimate of drug-likeness (QED) is 0.0504. The summed E-state index contributed by atoms with van der Waals surface area (Å²) in [5, 5.41) is 55.6. The number of benzene rings is 1. The number of aromatic nitrogens is 3. The van der Waals surface area contributed by atoms with Gasteiger partial charge in [-0.2, -0.15) is 5.48 Å². The molecule has 0 amide bonds. The molecule has 0 unspecified atom stereocenters. The Morgan fingerprint density at radius 1 is 1.03 bits per heavy atom. The number of ketones is 1. The Balaban J connectivity index is 1.31. The van der Waals surface area contributed by atoms with Crippen LogP contribution in [-0.2, 0) is 52.8 Å². The molecule has 1 saturated carbocycles. The fraction of sp³-hybridized carbons (Fsp3) is 0.796. The van der Waals surface area contributed by atoms with Crippen molar-refractivity contribution in [1.29, 1.82) is 0 Å². The topological polar surface area (TPSA) is 230 Å². The van der Waals surface area contributed by atoms with Crippen LogP contribution in [0.2, 0.25) is 0 Å². The van der Waals surface area contributed by atoms with Crippen molar-refractivity contribution >= 4 is 17.4 Å². The molecule has 2 aromatic rings. The smallest absolute Gasteiger partial charge is 0.316 e. The molecule has 1 aromatic heterocycles. The number of rotatable bonds is 17. The average molecular weight is 945 g/mol. The van der Waals surface area contributed by atoms with Crippen LogP contribution in [0.15, 0.2) is 30.5 Å². The van der Waals surface area contributed by atoms with Crippen LogP contribution in [0.5, 0.6) is 0 Å². The Kier molecular flexibility index (Phi) is 19.8. The highest BCUT2D eigenvalue weighted by molar-refractivity contribution is 6.00. The molecule has 18 nitrogen and oxygen atoms in total. The van der Waals surface area contributed by atoms with Crippen LogP contribution in [0.25, 0.3) is 0 Å². The van der Waals surface area contributed by atoms with Gasteiger partial charge in [-0.25, -0.2) is 0 Å². The number of nitrogens with one attached hydrogen (secondary N) is 1. The number of aryl methyl sites for hydroxylation is 2. The number of carbonyl (C=O) groups is 2. The van der Waals surface area contributed by atoms with Crippen molar-refractivity contribution in [2.75, 3.05) is 20.7 Å². The molecule has 4 N–H and O–H groups in total. The van der Waals surface area contributed by atoms with Gasteiger partial charge in [-0.15, -0.1) is 5.10 Å². The van der Waals surface area contributed by atoms with Crippen LogP contribution < -0.4 is 5.48 Å². The second kappa shape index (κ2) is 24.4. The Labute approximate surface area is 396 Å².